The molecule has 9 N–H and O–H groups in total. The van der Waals surface area contributed by atoms with E-state index in [1.165, 1.54) is 18.3 Å². The molecule has 16 atom stereocenters. The van der Waals surface area contributed by atoms with E-state index in [1.54, 1.807) is 75.2 Å². The summed E-state index contributed by atoms with van der Waals surface area (Å²) < 4.78 is 61.2. The third-order valence-corrected chi connectivity index (χ3v) is 24.8. The van der Waals surface area contributed by atoms with Gasteiger partial charge in [0.1, 0.15) is 53.8 Å². The van der Waals surface area contributed by atoms with E-state index in [9.17, 15) is 48.6 Å². The minimum atomic E-state index is -2.47. The van der Waals surface area contributed by atoms with Crippen LogP contribution in [-0.4, -0.2) is 288 Å². The summed E-state index contributed by atoms with van der Waals surface area (Å²) in [7, 11) is 7.83. The topological polar surface area (TPSA) is 457 Å². The number of carbonyl (C=O) groups is 8. The van der Waals surface area contributed by atoms with Crippen LogP contribution >= 0.6 is 0 Å². The van der Waals surface area contributed by atoms with Gasteiger partial charge in [0.2, 0.25) is 29.5 Å². The molecule has 1 aromatic carbocycles. The average molecular weight is 1760 g/mol. The summed E-state index contributed by atoms with van der Waals surface area (Å²) in [4.78, 5) is 139. The maximum Gasteiger partial charge on any atom is 0.407 e. The molecule has 1 saturated carbocycles. The molecule has 126 heavy (non-hydrogen) atoms. The van der Waals surface area contributed by atoms with Gasteiger partial charge in [-0.15, -0.1) is 0 Å². The predicted octanol–water partition coefficient (Wildman–Crippen LogP) is 7.18. The van der Waals surface area contributed by atoms with Gasteiger partial charge < -0.3 is 99.4 Å². The molecule has 5 aromatic rings. The number of carbonyl (C=O) groups excluding carboxylic acids is 8. The lowest BCUT2D eigenvalue weighted by atomic mass is 9.78. The van der Waals surface area contributed by atoms with E-state index in [1.807, 2.05) is 88.1 Å². The zero-order valence-electron chi connectivity index (χ0n) is 75.1. The number of ketones is 2. The number of rotatable bonds is 30. The summed E-state index contributed by atoms with van der Waals surface area (Å²) in [5.41, 5.74) is 17.1. The Morgan fingerprint density at radius 1 is 0.754 bits per heavy atom. The number of piperidine rings is 1. The Morgan fingerprint density at radius 3 is 2.24 bits per heavy atom. The number of unbranched alkanes of at least 4 members (excludes halogenated alkanes) is 1. The fourth-order valence-corrected chi connectivity index (χ4v) is 17.4. The highest BCUT2D eigenvalue weighted by Crippen LogP contribution is 2.40. The average Bonchev–Trinajstić information content (AvgIpc) is 1.33. The molecular formula is C90H132N16O20. The van der Waals surface area contributed by atoms with Gasteiger partial charge in [0.15, 0.2) is 17.0 Å². The van der Waals surface area contributed by atoms with Crippen LogP contribution in [0.5, 0.6) is 0 Å². The lowest BCUT2D eigenvalue weighted by Crippen LogP contribution is -2.61. The third kappa shape index (κ3) is 27.2. The number of nitrogen functional groups attached to an aromatic ring is 2. The SMILES string of the molecule is CO[C@H]1C[C@@H]2CC[C@@H](C)[C@@](O)(O2)C(=O)C(=O)N2CCCC[C@H]2C(=O)O[C@H]([C@H](C)C[C@@H]2CC[C@@H](OC(=O)NCc3cnc(N4CCN(C(=O)CN(C)CC(=O)NCCOCCOCCC(=O)NCCCCn5nc(-c6ccc7oc(N)nc7c6)c6c(N)ncnc65)CC4)nc3)[C@H](OC)C2)C[C@@H](OC)[C@H](C)/C=C(\C)[C@@H](O)[C@@H](OC)C(=O)[C@H](C)C[C@H](C)/C=C/C=CC=C1C. The van der Waals surface area contributed by atoms with Gasteiger partial charge in [-0.25, -0.2) is 34.2 Å². The van der Waals surface area contributed by atoms with Crippen LogP contribution in [-0.2, 0) is 89.3 Å². The molecule has 3 saturated heterocycles. The molecule has 0 spiro atoms. The number of methoxy groups -OCH3 is 4. The van der Waals surface area contributed by atoms with Crippen molar-refractivity contribution in [1.29, 1.82) is 0 Å². The summed E-state index contributed by atoms with van der Waals surface area (Å²) in [5, 5.41) is 38.0. The van der Waals surface area contributed by atoms with E-state index in [4.69, 9.17) is 63.6 Å². The number of hydrogen-bond acceptors (Lipinski definition) is 30. The Hall–Kier alpha value is -9.76. The molecule has 36 nitrogen and oxygen atoms in total. The van der Waals surface area contributed by atoms with Crippen LogP contribution < -0.4 is 32.3 Å². The minimum absolute atomic E-state index is 0.000525. The number of aliphatic hydroxyl groups is 2. The molecule has 4 aliphatic heterocycles. The number of nitrogens with one attached hydrogen (secondary N) is 3. The number of anilines is 3. The fourth-order valence-electron chi connectivity index (χ4n) is 17.4. The zero-order valence-corrected chi connectivity index (χ0v) is 75.1. The Labute approximate surface area is 737 Å². The molecule has 5 amide bonds. The second kappa shape index (κ2) is 47.9. The highest BCUT2D eigenvalue weighted by atomic mass is 16.6. The first-order valence-electron chi connectivity index (χ1n) is 44.3. The molecule has 1 aliphatic carbocycles. The van der Waals surface area contributed by atoms with Gasteiger partial charge in [-0.05, 0) is 145 Å². The molecule has 4 aromatic heterocycles. The van der Waals surface area contributed by atoms with Crippen molar-refractivity contribution < 1.29 is 95.6 Å². The number of fused-ring (bicyclic) bond motifs is 5. The van der Waals surface area contributed by atoms with Crippen molar-refractivity contribution in [3.63, 3.8) is 0 Å². The quantitative estimate of drug-likeness (QED) is 0.0104. The van der Waals surface area contributed by atoms with Gasteiger partial charge in [-0.2, -0.15) is 10.1 Å². The number of nitrogens with two attached hydrogens (primary N) is 2. The van der Waals surface area contributed by atoms with Gasteiger partial charge in [-0.3, -0.25) is 33.7 Å². The molecule has 10 rings (SSSR count). The van der Waals surface area contributed by atoms with Crippen molar-refractivity contribution in [1.82, 2.24) is 65.4 Å². The number of likely N-dealkylation sites (N-methyl/N-ethyl adjacent to an activating group) is 1. The summed E-state index contributed by atoms with van der Waals surface area (Å²) >= 11 is 0. The van der Waals surface area contributed by atoms with Crippen molar-refractivity contribution in [3.05, 3.63) is 90.1 Å². The molecule has 5 aliphatic rings. The van der Waals surface area contributed by atoms with Crippen LogP contribution in [0.25, 0.3) is 33.4 Å². The van der Waals surface area contributed by atoms with Gasteiger partial charge in [0.25, 0.3) is 17.7 Å². The van der Waals surface area contributed by atoms with E-state index in [0.29, 0.717) is 167 Å². The van der Waals surface area contributed by atoms with Crippen molar-refractivity contribution in [2.24, 2.45) is 35.5 Å². The summed E-state index contributed by atoms with van der Waals surface area (Å²) in [5.74, 6) is -7.24. The number of piperazine rings is 1. The number of ether oxygens (including phenoxy) is 9. The zero-order chi connectivity index (χ0) is 90.7. The highest BCUT2D eigenvalue weighted by Gasteiger charge is 2.53. The van der Waals surface area contributed by atoms with Crippen molar-refractivity contribution >= 4 is 87.2 Å². The number of aliphatic hydroxyl groups excluding tert-OH is 1. The number of aryl methyl sites for hydroxylation is 1. The molecule has 692 valence electrons. The van der Waals surface area contributed by atoms with E-state index < -0.39 is 102 Å². The number of nitrogens with zero attached hydrogens (tertiary/aromatic N) is 11. The molecule has 0 unspecified atom stereocenters. The Kier molecular flexibility index (Phi) is 37.4. The van der Waals surface area contributed by atoms with Crippen molar-refractivity contribution in [2.45, 2.75) is 219 Å². The maximum absolute atomic E-state index is 15.0. The van der Waals surface area contributed by atoms with Crippen molar-refractivity contribution in [3.8, 4) is 11.3 Å². The maximum atomic E-state index is 15.0. The first-order chi connectivity index (χ1) is 60.5. The predicted molar refractivity (Wildman–Crippen MR) is 469 cm³/mol. The molecule has 0 radical (unpaired) electrons. The number of Topliss-reactive ketones (excluding diaryl/α,β-unsaturated/α-hetero) is 2. The van der Waals surface area contributed by atoms with Crippen LogP contribution in [0.15, 0.2) is 88.9 Å². The Balaban J connectivity index is 0.630. The number of oxazole rings is 1. The fraction of sp³-hybridized carbons (Fsp3) is 0.644. The number of hydrogen-bond donors (Lipinski definition) is 7. The van der Waals surface area contributed by atoms with Crippen LogP contribution in [0.1, 0.15) is 150 Å². The first-order valence-corrected chi connectivity index (χ1v) is 44.3. The van der Waals surface area contributed by atoms with Gasteiger partial charge >= 0.3 is 12.1 Å². The van der Waals surface area contributed by atoms with E-state index in [-0.39, 0.29) is 126 Å². The van der Waals surface area contributed by atoms with E-state index in [0.717, 1.165) is 11.1 Å². The summed E-state index contributed by atoms with van der Waals surface area (Å²) in [6.07, 6.45) is 16.3. The number of alkyl carbamates (subject to hydrolysis) is 1. The molecule has 4 fully saturated rings. The smallest absolute Gasteiger partial charge is 0.407 e. The standard InChI is InChI=1S/C90H132N16O20/c1-55-20-14-13-15-21-56(2)70(117-9)47-65-26-23-61(7)90(116,126-65)82(112)85(113)105-32-18-16-22-67(105)86(114)123-72(48-71(118-10)57(3)43-60(6)80(111)81(120-12)79(110)59(5)42-55)58(4)44-62-24-27-69(73(45-62)119-11)125-89(115)97-51-63-49-95-88(96-50-63)104-36-34-103(35-37-104)76(109)53-102(8)52-75(108)94-31-39-122-41-40-121-38-29-74(107)93-30-17-19-33-106-84-77(83(91)98-54-99-84)78(101-106)64-25-28-68-66(46-64)100-87(92)124-68/h13-15,20-21,25,28,43,46,49-50,54-55,57-59,61-62,65,67,69-73,80-81,111,116H,16-19,22-24,26-27,29-42,44-45,47-48,51-53H2,1-12H3,(H2,92,100)(H,93,107)(H,94,108)(H,97,115)(H2,91,98,99)/b15-13?,20-14+,56-21?,60-43+/t55-,57-,58-,59-,61-,62+,65+,67+,69-,70+,71-,72+,73-,80-,81+,90-/m1/s1. The second-order valence-electron chi connectivity index (χ2n) is 34.3. The molecule has 2 bridgehead atoms. The van der Waals surface area contributed by atoms with Crippen molar-refractivity contribution in [2.75, 3.05) is 137 Å². The third-order valence-electron chi connectivity index (χ3n) is 24.8. The minimum Gasteiger partial charge on any atom is -0.460 e. The summed E-state index contributed by atoms with van der Waals surface area (Å²) in [6.45, 7) is 17.4. The normalized spacial score (nSPS) is 27.2. The number of cyclic esters (lactones) is 1. The highest BCUT2D eigenvalue weighted by molar-refractivity contribution is 6.39. The monoisotopic (exact) mass is 1760 g/mol. The lowest BCUT2D eigenvalue weighted by molar-refractivity contribution is -0.265. The van der Waals surface area contributed by atoms with Crippen LogP contribution in [0.2, 0.25) is 0 Å². The van der Waals surface area contributed by atoms with Crippen LogP contribution in [0.4, 0.5) is 22.6 Å². The molecule has 36 heteroatoms. The molecular weight excluding hydrogens is 1630 g/mol. The summed E-state index contributed by atoms with van der Waals surface area (Å²) in [6, 6.07) is 4.37. The van der Waals surface area contributed by atoms with E-state index in [2.05, 4.69) is 40.9 Å². The van der Waals surface area contributed by atoms with Crippen LogP contribution in [0, 0.1) is 35.5 Å². The largest absolute Gasteiger partial charge is 0.460 e. The second-order valence-corrected chi connectivity index (χ2v) is 34.3. The Morgan fingerprint density at radius 2 is 1.50 bits per heavy atom. The first kappa shape index (κ1) is 98.4. The van der Waals surface area contributed by atoms with Gasteiger partial charge in [0, 0.05) is 148 Å². The number of esters is 1. The van der Waals surface area contributed by atoms with Gasteiger partial charge in [-0.1, -0.05) is 71.1 Å². The number of allylic oxidation sites excluding steroid dienone is 5. The van der Waals surface area contributed by atoms with Crippen LogP contribution in [0.3, 0.4) is 0 Å². The molecule has 8 heterocycles. The lowest BCUT2D eigenvalue weighted by Gasteiger charge is -2.43. The van der Waals surface area contributed by atoms with E-state index >= 15 is 0 Å². The number of amides is 5. The number of aromatic nitrogens is 7. The number of benzene rings is 1. The van der Waals surface area contributed by atoms with Gasteiger partial charge in [0.05, 0.1) is 69.3 Å². The Bertz CT molecular complexity index is 4570.